The lowest BCUT2D eigenvalue weighted by atomic mass is 9.82. The maximum absolute atomic E-state index is 6.13. The lowest BCUT2D eigenvalue weighted by Crippen LogP contribution is -2.47. The Morgan fingerprint density at radius 2 is 2.06 bits per heavy atom. The van der Waals surface area contributed by atoms with E-state index >= 15 is 0 Å². The van der Waals surface area contributed by atoms with Gasteiger partial charge in [-0.3, -0.25) is 4.90 Å². The van der Waals surface area contributed by atoms with Crippen LogP contribution in [0.2, 0.25) is 0 Å². The summed E-state index contributed by atoms with van der Waals surface area (Å²) in [6.45, 7) is 5.66. The maximum Gasteiger partial charge on any atom is 0.127 e. The summed E-state index contributed by atoms with van der Waals surface area (Å²) in [7, 11) is 4.22. The lowest BCUT2D eigenvalue weighted by molar-refractivity contribution is 0.147. The summed E-state index contributed by atoms with van der Waals surface area (Å²) in [6.07, 6.45) is 2.09. The molecule has 1 unspecified atom stereocenters. The van der Waals surface area contributed by atoms with E-state index in [1.165, 1.54) is 16.7 Å². The second-order valence-corrected chi connectivity index (χ2v) is 5.54. The van der Waals surface area contributed by atoms with Gasteiger partial charge in [0.2, 0.25) is 0 Å². The average molecular weight is 248 g/mol. The first-order valence-corrected chi connectivity index (χ1v) is 6.63. The molecule has 3 nitrogen and oxygen atoms in total. The molecule has 100 valence electrons. The molecule has 0 amide bonds. The standard InChI is InChI=1S/C15H24N2O/c1-11-8-12(2)14-13(9-11)15(10-16,17(3)4)6-5-7-18-14/h8-9H,5-7,10,16H2,1-4H3. The number of likely N-dealkylation sites (N-methyl/N-ethyl adjacent to an activating group) is 1. The molecule has 0 saturated carbocycles. The predicted molar refractivity (Wildman–Crippen MR) is 75.1 cm³/mol. The Kier molecular flexibility index (Phi) is 3.64. The Morgan fingerprint density at radius 3 is 2.67 bits per heavy atom. The molecule has 3 heteroatoms. The van der Waals surface area contributed by atoms with Crippen LogP contribution in [0.1, 0.15) is 29.5 Å². The number of hydrogen-bond acceptors (Lipinski definition) is 3. The van der Waals surface area contributed by atoms with Crippen molar-refractivity contribution in [3.05, 3.63) is 28.8 Å². The SMILES string of the molecule is Cc1cc(C)c2c(c1)C(CN)(N(C)C)CCCO2. The van der Waals surface area contributed by atoms with Crippen molar-refractivity contribution in [2.45, 2.75) is 32.2 Å². The quantitative estimate of drug-likeness (QED) is 0.872. The Labute approximate surface area is 110 Å². The molecule has 1 heterocycles. The van der Waals surface area contributed by atoms with Gasteiger partial charge in [0.05, 0.1) is 12.1 Å². The smallest absolute Gasteiger partial charge is 0.127 e. The number of rotatable bonds is 2. The van der Waals surface area contributed by atoms with Gasteiger partial charge < -0.3 is 10.5 Å². The summed E-state index contributed by atoms with van der Waals surface area (Å²) in [4.78, 5) is 2.25. The van der Waals surface area contributed by atoms with Crippen molar-refractivity contribution < 1.29 is 4.74 Å². The van der Waals surface area contributed by atoms with Gasteiger partial charge in [0.25, 0.3) is 0 Å². The first-order valence-electron chi connectivity index (χ1n) is 6.63. The molecule has 2 N–H and O–H groups in total. The monoisotopic (exact) mass is 248 g/mol. The molecule has 0 aromatic heterocycles. The molecule has 1 aliphatic rings. The average Bonchev–Trinajstić information content (AvgIpc) is 2.49. The van der Waals surface area contributed by atoms with E-state index in [9.17, 15) is 0 Å². The van der Waals surface area contributed by atoms with Gasteiger partial charge in [0.1, 0.15) is 5.75 Å². The summed E-state index contributed by atoms with van der Waals surface area (Å²) in [6, 6.07) is 4.42. The molecule has 0 radical (unpaired) electrons. The van der Waals surface area contributed by atoms with Crippen molar-refractivity contribution in [3.8, 4) is 5.75 Å². The van der Waals surface area contributed by atoms with Crippen molar-refractivity contribution in [2.75, 3.05) is 27.2 Å². The minimum atomic E-state index is -0.0946. The second kappa shape index (κ2) is 4.90. The molecule has 18 heavy (non-hydrogen) atoms. The number of nitrogens with two attached hydrogens (primary N) is 1. The van der Waals surface area contributed by atoms with E-state index in [0.29, 0.717) is 6.54 Å². The molecule has 1 atom stereocenters. The molecular weight excluding hydrogens is 224 g/mol. The highest BCUT2D eigenvalue weighted by Gasteiger charge is 2.37. The van der Waals surface area contributed by atoms with Gasteiger partial charge in [-0.1, -0.05) is 17.7 Å². The van der Waals surface area contributed by atoms with Gasteiger partial charge in [-0.25, -0.2) is 0 Å². The fourth-order valence-electron chi connectivity index (χ4n) is 3.02. The number of ether oxygens (including phenoxy) is 1. The minimum Gasteiger partial charge on any atom is -0.493 e. The van der Waals surface area contributed by atoms with Crippen LogP contribution in [0.4, 0.5) is 0 Å². The molecule has 1 aromatic rings. The lowest BCUT2D eigenvalue weighted by Gasteiger charge is -2.39. The van der Waals surface area contributed by atoms with E-state index < -0.39 is 0 Å². The van der Waals surface area contributed by atoms with Crippen LogP contribution in [0, 0.1) is 13.8 Å². The highest BCUT2D eigenvalue weighted by atomic mass is 16.5. The molecule has 2 rings (SSSR count). The van der Waals surface area contributed by atoms with Gasteiger partial charge in [-0.2, -0.15) is 0 Å². The van der Waals surface area contributed by atoms with E-state index in [4.69, 9.17) is 10.5 Å². The Bertz CT molecular complexity index is 442. The zero-order chi connectivity index (χ0) is 13.3. The zero-order valence-corrected chi connectivity index (χ0v) is 11.9. The third kappa shape index (κ3) is 2.02. The fourth-order valence-corrected chi connectivity index (χ4v) is 3.02. The topological polar surface area (TPSA) is 38.5 Å². The van der Waals surface area contributed by atoms with E-state index in [1.54, 1.807) is 0 Å². The molecule has 1 aromatic carbocycles. The van der Waals surface area contributed by atoms with Crippen molar-refractivity contribution in [1.29, 1.82) is 0 Å². The summed E-state index contributed by atoms with van der Waals surface area (Å²) in [5, 5.41) is 0. The van der Waals surface area contributed by atoms with Gasteiger partial charge in [0, 0.05) is 12.1 Å². The van der Waals surface area contributed by atoms with Crippen molar-refractivity contribution in [3.63, 3.8) is 0 Å². The molecule has 0 fully saturated rings. The number of hydrogen-bond donors (Lipinski definition) is 1. The van der Waals surface area contributed by atoms with Crippen molar-refractivity contribution >= 4 is 0 Å². The van der Waals surface area contributed by atoms with Crippen LogP contribution < -0.4 is 10.5 Å². The van der Waals surface area contributed by atoms with Crippen LogP contribution >= 0.6 is 0 Å². The largest absolute Gasteiger partial charge is 0.493 e. The number of nitrogens with zero attached hydrogens (tertiary/aromatic N) is 1. The van der Waals surface area contributed by atoms with E-state index in [2.05, 4.69) is 45.0 Å². The zero-order valence-electron chi connectivity index (χ0n) is 11.9. The maximum atomic E-state index is 6.13. The Morgan fingerprint density at radius 1 is 1.33 bits per heavy atom. The van der Waals surface area contributed by atoms with Crippen LogP contribution in [0.25, 0.3) is 0 Å². The second-order valence-electron chi connectivity index (χ2n) is 5.54. The van der Waals surface area contributed by atoms with Gasteiger partial charge in [-0.15, -0.1) is 0 Å². The van der Waals surface area contributed by atoms with E-state index in [-0.39, 0.29) is 5.54 Å². The number of benzene rings is 1. The third-order valence-corrected chi connectivity index (χ3v) is 4.10. The first-order chi connectivity index (χ1) is 8.51. The fraction of sp³-hybridized carbons (Fsp3) is 0.600. The first kappa shape index (κ1) is 13.4. The van der Waals surface area contributed by atoms with E-state index in [0.717, 1.165) is 25.2 Å². The van der Waals surface area contributed by atoms with Crippen LogP contribution in [0.15, 0.2) is 12.1 Å². The molecule has 1 aliphatic heterocycles. The third-order valence-electron chi connectivity index (χ3n) is 4.10. The minimum absolute atomic E-state index is 0.0946. The summed E-state index contributed by atoms with van der Waals surface area (Å²) >= 11 is 0. The Balaban J connectivity index is 2.66. The molecule has 0 spiro atoms. The highest BCUT2D eigenvalue weighted by Crippen LogP contribution is 2.41. The summed E-state index contributed by atoms with van der Waals surface area (Å²) < 4.78 is 5.96. The summed E-state index contributed by atoms with van der Waals surface area (Å²) in [5.74, 6) is 1.04. The van der Waals surface area contributed by atoms with Gasteiger partial charge in [-0.05, 0) is 46.3 Å². The number of fused-ring (bicyclic) bond motifs is 1. The summed E-state index contributed by atoms with van der Waals surface area (Å²) in [5.41, 5.74) is 9.78. The van der Waals surface area contributed by atoms with Crippen LogP contribution in [0.5, 0.6) is 5.75 Å². The molecule has 0 bridgehead atoms. The highest BCUT2D eigenvalue weighted by molar-refractivity contribution is 5.48. The van der Waals surface area contributed by atoms with Crippen LogP contribution in [-0.2, 0) is 5.54 Å². The molecule has 0 saturated heterocycles. The van der Waals surface area contributed by atoms with Crippen LogP contribution in [0.3, 0.4) is 0 Å². The van der Waals surface area contributed by atoms with Crippen LogP contribution in [-0.4, -0.2) is 32.1 Å². The molecule has 0 aliphatic carbocycles. The Hall–Kier alpha value is -1.06. The number of aryl methyl sites for hydroxylation is 2. The predicted octanol–water partition coefficient (Wildman–Crippen LogP) is 2.19. The van der Waals surface area contributed by atoms with Gasteiger partial charge in [0.15, 0.2) is 0 Å². The molecular formula is C15H24N2O. The van der Waals surface area contributed by atoms with Gasteiger partial charge >= 0.3 is 0 Å². The van der Waals surface area contributed by atoms with Crippen molar-refractivity contribution in [2.24, 2.45) is 5.73 Å². The van der Waals surface area contributed by atoms with E-state index in [1.807, 2.05) is 0 Å². The normalized spacial score (nSPS) is 23.4. The van der Waals surface area contributed by atoms with Crippen molar-refractivity contribution in [1.82, 2.24) is 4.90 Å².